The van der Waals surface area contributed by atoms with Crippen molar-refractivity contribution < 1.29 is 27.4 Å². The zero-order chi connectivity index (χ0) is 19.9. The summed E-state index contributed by atoms with van der Waals surface area (Å²) in [6.45, 7) is -0.942. The Labute approximate surface area is 156 Å². The van der Waals surface area contributed by atoms with Crippen molar-refractivity contribution in [3.63, 3.8) is 0 Å². The van der Waals surface area contributed by atoms with Crippen molar-refractivity contribution in [2.75, 3.05) is 13.7 Å². The Bertz CT molecular complexity index is 1040. The fourth-order valence-electron chi connectivity index (χ4n) is 3.01. The van der Waals surface area contributed by atoms with E-state index in [0.29, 0.717) is 41.2 Å². The molecule has 1 aliphatic rings. The van der Waals surface area contributed by atoms with Gasteiger partial charge in [0.25, 0.3) is 0 Å². The van der Waals surface area contributed by atoms with Crippen LogP contribution in [0.2, 0.25) is 0 Å². The average molecular weight is 393 g/mol. The van der Waals surface area contributed by atoms with Gasteiger partial charge >= 0.3 is 12.1 Å². The first-order valence-electron chi connectivity index (χ1n) is 8.25. The number of benzene rings is 1. The van der Waals surface area contributed by atoms with E-state index >= 15 is 0 Å². The Morgan fingerprint density at radius 1 is 1.32 bits per heavy atom. The number of carbonyl (C=O) groups is 1. The van der Waals surface area contributed by atoms with E-state index in [4.69, 9.17) is 9.47 Å². The molecule has 1 aromatic carbocycles. The number of ether oxygens (including phenoxy) is 2. The highest BCUT2D eigenvalue weighted by molar-refractivity contribution is 5.92. The second-order valence-corrected chi connectivity index (χ2v) is 6.07. The number of halogens is 3. The molecule has 0 saturated carbocycles. The van der Waals surface area contributed by atoms with E-state index in [0.717, 1.165) is 11.0 Å². The predicted octanol–water partition coefficient (Wildman–Crippen LogP) is 2.41. The number of nitrogens with zero attached hydrogens (tertiary/aromatic N) is 5. The van der Waals surface area contributed by atoms with Crippen LogP contribution in [0.4, 0.5) is 13.2 Å². The highest BCUT2D eigenvalue weighted by Gasteiger charge is 2.31. The highest BCUT2D eigenvalue weighted by atomic mass is 19.4. The van der Waals surface area contributed by atoms with Crippen LogP contribution in [-0.4, -0.2) is 50.4 Å². The van der Waals surface area contributed by atoms with E-state index in [-0.39, 0.29) is 5.95 Å². The first kappa shape index (κ1) is 18.0. The standard InChI is InChI=1S/C17H14F3N5O3/c1-27-15(26)10-2-3-14-11(6-10)12-7-24(23-13(12)4-5-28-14)16-21-9-22-25(16)8-17(18,19)20/h2-3,6-7,9H,4-5,8H2,1H3. The van der Waals surface area contributed by atoms with Gasteiger partial charge in [-0.3, -0.25) is 0 Å². The number of alkyl halides is 3. The van der Waals surface area contributed by atoms with E-state index in [9.17, 15) is 18.0 Å². The Morgan fingerprint density at radius 3 is 2.89 bits per heavy atom. The fraction of sp³-hybridized carbons (Fsp3) is 0.294. The van der Waals surface area contributed by atoms with Gasteiger partial charge < -0.3 is 9.47 Å². The zero-order valence-electron chi connectivity index (χ0n) is 14.6. The second kappa shape index (κ2) is 6.66. The van der Waals surface area contributed by atoms with Crippen molar-refractivity contribution in [2.24, 2.45) is 0 Å². The molecule has 3 heterocycles. The van der Waals surface area contributed by atoms with E-state index < -0.39 is 18.7 Å². The number of hydrogen-bond acceptors (Lipinski definition) is 6. The van der Waals surface area contributed by atoms with Crippen molar-refractivity contribution in [1.82, 2.24) is 24.5 Å². The number of carbonyl (C=O) groups excluding carboxylic acids is 1. The summed E-state index contributed by atoms with van der Waals surface area (Å²) in [5.41, 5.74) is 2.18. The Kier molecular flexibility index (Phi) is 4.28. The molecular weight excluding hydrogens is 379 g/mol. The van der Waals surface area contributed by atoms with Crippen molar-refractivity contribution >= 4 is 5.97 Å². The zero-order valence-corrected chi connectivity index (χ0v) is 14.6. The summed E-state index contributed by atoms with van der Waals surface area (Å²) in [6, 6.07) is 4.85. The average Bonchev–Trinajstić information content (AvgIpc) is 3.23. The molecule has 0 unspecified atom stereocenters. The van der Waals surface area contributed by atoms with Crippen LogP contribution in [0.15, 0.2) is 30.7 Å². The summed E-state index contributed by atoms with van der Waals surface area (Å²) in [7, 11) is 1.28. The van der Waals surface area contributed by atoms with Crippen molar-refractivity contribution in [3.8, 4) is 22.8 Å². The molecule has 1 aliphatic heterocycles. The molecule has 4 rings (SSSR count). The van der Waals surface area contributed by atoms with Crippen molar-refractivity contribution in [1.29, 1.82) is 0 Å². The first-order valence-corrected chi connectivity index (χ1v) is 8.25. The van der Waals surface area contributed by atoms with E-state index in [1.165, 1.54) is 11.8 Å². The van der Waals surface area contributed by atoms with E-state index in [1.54, 1.807) is 24.4 Å². The lowest BCUT2D eigenvalue weighted by Crippen LogP contribution is -2.21. The lowest BCUT2D eigenvalue weighted by molar-refractivity contribution is -0.142. The summed E-state index contributed by atoms with van der Waals surface area (Å²) in [4.78, 5) is 15.8. The SMILES string of the molecule is COC(=O)c1ccc2c(c1)-c1cn(-c3ncnn3CC(F)(F)F)nc1CCO2. The van der Waals surface area contributed by atoms with Gasteiger partial charge in [0.2, 0.25) is 5.95 Å². The van der Waals surface area contributed by atoms with E-state index in [1.807, 2.05) is 0 Å². The maximum atomic E-state index is 12.8. The minimum atomic E-state index is -4.44. The third-order valence-corrected chi connectivity index (χ3v) is 4.21. The molecule has 146 valence electrons. The quantitative estimate of drug-likeness (QED) is 0.636. The smallest absolute Gasteiger partial charge is 0.408 e. The molecule has 0 bridgehead atoms. The van der Waals surface area contributed by atoms with Gasteiger partial charge in [-0.05, 0) is 18.2 Å². The minimum Gasteiger partial charge on any atom is -0.493 e. The molecule has 28 heavy (non-hydrogen) atoms. The van der Waals surface area contributed by atoms with Gasteiger partial charge in [-0.1, -0.05) is 0 Å². The number of aromatic nitrogens is 5. The van der Waals surface area contributed by atoms with Gasteiger partial charge in [0.1, 0.15) is 18.6 Å². The third-order valence-electron chi connectivity index (χ3n) is 4.21. The van der Waals surface area contributed by atoms with Crippen molar-refractivity contribution in [2.45, 2.75) is 19.1 Å². The highest BCUT2D eigenvalue weighted by Crippen LogP contribution is 2.36. The maximum absolute atomic E-state index is 12.8. The summed E-state index contributed by atoms with van der Waals surface area (Å²) in [5, 5.41) is 8.00. The van der Waals surface area contributed by atoms with Crippen LogP contribution in [0.3, 0.4) is 0 Å². The number of methoxy groups -OCH3 is 1. The van der Waals surface area contributed by atoms with Crippen LogP contribution < -0.4 is 4.74 Å². The van der Waals surface area contributed by atoms with Crippen LogP contribution in [0.5, 0.6) is 5.75 Å². The van der Waals surface area contributed by atoms with Crippen LogP contribution in [0.25, 0.3) is 17.1 Å². The number of hydrogen-bond donors (Lipinski definition) is 0. The largest absolute Gasteiger partial charge is 0.493 e. The lowest BCUT2D eigenvalue weighted by Gasteiger charge is -2.10. The van der Waals surface area contributed by atoms with Crippen LogP contribution >= 0.6 is 0 Å². The first-order chi connectivity index (χ1) is 13.4. The van der Waals surface area contributed by atoms with Crippen molar-refractivity contribution in [3.05, 3.63) is 42.0 Å². The van der Waals surface area contributed by atoms with Gasteiger partial charge in [-0.25, -0.2) is 14.2 Å². The molecule has 2 aromatic heterocycles. The Morgan fingerprint density at radius 2 is 2.14 bits per heavy atom. The molecule has 0 amide bonds. The molecule has 0 aliphatic carbocycles. The normalized spacial score (nSPS) is 13.3. The predicted molar refractivity (Wildman–Crippen MR) is 89.2 cm³/mol. The second-order valence-electron chi connectivity index (χ2n) is 6.07. The van der Waals surface area contributed by atoms with Gasteiger partial charge in [0, 0.05) is 23.7 Å². The molecule has 0 fully saturated rings. The molecule has 0 radical (unpaired) electrons. The minimum absolute atomic E-state index is 0.0583. The van der Waals surface area contributed by atoms with Crippen LogP contribution in [0, 0.1) is 0 Å². The Hall–Kier alpha value is -3.37. The summed E-state index contributed by atoms with van der Waals surface area (Å²) < 4.78 is 50.7. The molecule has 0 N–H and O–H groups in total. The third kappa shape index (κ3) is 3.30. The molecule has 8 nitrogen and oxygen atoms in total. The molecule has 11 heteroatoms. The molecule has 0 atom stereocenters. The van der Waals surface area contributed by atoms with Gasteiger partial charge in [0.05, 0.1) is 25.0 Å². The number of rotatable bonds is 3. The summed E-state index contributed by atoms with van der Waals surface area (Å²) in [6.07, 6.45) is -1.40. The monoisotopic (exact) mass is 393 g/mol. The van der Waals surface area contributed by atoms with Gasteiger partial charge in [-0.2, -0.15) is 28.4 Å². The molecule has 3 aromatic rings. The Balaban J connectivity index is 1.79. The summed E-state index contributed by atoms with van der Waals surface area (Å²) >= 11 is 0. The van der Waals surface area contributed by atoms with Crippen LogP contribution in [-0.2, 0) is 17.7 Å². The maximum Gasteiger partial charge on any atom is 0.408 e. The topological polar surface area (TPSA) is 84.1 Å². The fourth-order valence-corrected chi connectivity index (χ4v) is 3.01. The number of esters is 1. The molecule has 0 spiro atoms. The van der Waals surface area contributed by atoms with Gasteiger partial charge in [0.15, 0.2) is 0 Å². The van der Waals surface area contributed by atoms with Gasteiger partial charge in [-0.15, -0.1) is 0 Å². The summed E-state index contributed by atoms with van der Waals surface area (Å²) in [5.74, 6) is -0.0226. The molecular formula is C17H14F3N5O3. The number of fused-ring (bicyclic) bond motifs is 3. The van der Waals surface area contributed by atoms with E-state index in [2.05, 4.69) is 15.2 Å². The molecule has 0 saturated heterocycles. The lowest BCUT2D eigenvalue weighted by atomic mass is 10.0. The van der Waals surface area contributed by atoms with Crippen LogP contribution in [0.1, 0.15) is 16.1 Å².